The third kappa shape index (κ3) is 2.32. The van der Waals surface area contributed by atoms with E-state index in [0.29, 0.717) is 0 Å². The molecule has 2 heterocycles. The summed E-state index contributed by atoms with van der Waals surface area (Å²) in [6.45, 7) is 4.09. The minimum absolute atomic E-state index is 0.130. The summed E-state index contributed by atoms with van der Waals surface area (Å²) in [5, 5.41) is 7.52. The Labute approximate surface area is 121 Å². The van der Waals surface area contributed by atoms with Gasteiger partial charge in [0.05, 0.1) is 22.9 Å². The molecule has 0 aliphatic heterocycles. The second kappa shape index (κ2) is 5.09. The molecule has 0 aliphatic carbocycles. The zero-order valence-electron chi connectivity index (χ0n) is 11.4. The van der Waals surface area contributed by atoms with Crippen molar-refractivity contribution in [2.45, 2.75) is 19.9 Å². The highest BCUT2D eigenvalue weighted by atomic mass is 32.1. The van der Waals surface area contributed by atoms with E-state index in [0.717, 1.165) is 33.0 Å². The van der Waals surface area contributed by atoms with Crippen molar-refractivity contribution in [2.24, 2.45) is 0 Å². The number of thiazole rings is 1. The molecule has 102 valence electrons. The number of fused-ring (bicyclic) bond motifs is 1. The SMILES string of the molecule is Cc1csc(C(C)Nc2ccc3ncccc3c2N)n1. The van der Waals surface area contributed by atoms with Gasteiger partial charge in [-0.25, -0.2) is 4.98 Å². The highest BCUT2D eigenvalue weighted by Crippen LogP contribution is 2.30. The molecule has 20 heavy (non-hydrogen) atoms. The molecular weight excluding hydrogens is 268 g/mol. The third-order valence-electron chi connectivity index (χ3n) is 3.21. The Hall–Kier alpha value is -2.14. The molecule has 0 fully saturated rings. The largest absolute Gasteiger partial charge is 0.397 e. The molecule has 0 bridgehead atoms. The first kappa shape index (κ1) is 12.9. The molecule has 0 saturated heterocycles. The number of nitrogens with two attached hydrogens (primary N) is 1. The lowest BCUT2D eigenvalue weighted by atomic mass is 10.1. The smallest absolute Gasteiger partial charge is 0.115 e. The van der Waals surface area contributed by atoms with Crippen LogP contribution in [0.5, 0.6) is 0 Å². The summed E-state index contributed by atoms with van der Waals surface area (Å²) in [4.78, 5) is 8.81. The fourth-order valence-electron chi connectivity index (χ4n) is 2.17. The van der Waals surface area contributed by atoms with E-state index in [1.807, 2.05) is 31.2 Å². The summed E-state index contributed by atoms with van der Waals surface area (Å²) in [5.74, 6) is 0. The van der Waals surface area contributed by atoms with Crippen LogP contribution in [-0.4, -0.2) is 9.97 Å². The Bertz CT molecular complexity index is 750. The normalized spacial score (nSPS) is 12.5. The number of aryl methyl sites for hydroxylation is 1. The molecule has 0 aliphatic rings. The first-order valence-corrected chi connectivity index (χ1v) is 7.35. The Balaban J connectivity index is 1.93. The predicted molar refractivity (Wildman–Crippen MR) is 85.0 cm³/mol. The van der Waals surface area contributed by atoms with Gasteiger partial charge in [0.25, 0.3) is 0 Å². The van der Waals surface area contributed by atoms with Crippen molar-refractivity contribution in [3.8, 4) is 0 Å². The molecule has 3 N–H and O–H groups in total. The summed E-state index contributed by atoms with van der Waals surface area (Å²) in [5.41, 5.74) is 9.85. The highest BCUT2D eigenvalue weighted by molar-refractivity contribution is 7.09. The first-order valence-electron chi connectivity index (χ1n) is 6.47. The fraction of sp³-hybridized carbons (Fsp3) is 0.200. The van der Waals surface area contributed by atoms with Gasteiger partial charge in [-0.15, -0.1) is 11.3 Å². The van der Waals surface area contributed by atoms with E-state index in [1.165, 1.54) is 0 Å². The Kier molecular flexibility index (Phi) is 3.28. The number of nitrogens with one attached hydrogen (secondary N) is 1. The van der Waals surface area contributed by atoms with E-state index in [-0.39, 0.29) is 6.04 Å². The standard InChI is InChI=1S/C15H16N4S/c1-9-8-20-15(18-9)10(2)19-13-6-5-12-11(14(13)16)4-3-7-17-12/h3-8,10,19H,16H2,1-2H3. The van der Waals surface area contributed by atoms with Gasteiger partial charge in [-0.1, -0.05) is 0 Å². The lowest BCUT2D eigenvalue weighted by Gasteiger charge is -2.15. The lowest BCUT2D eigenvalue weighted by molar-refractivity contribution is 0.865. The average Bonchev–Trinajstić information content (AvgIpc) is 2.89. The fourth-order valence-corrected chi connectivity index (χ4v) is 2.97. The molecule has 1 unspecified atom stereocenters. The van der Waals surface area contributed by atoms with Crippen molar-refractivity contribution in [3.05, 3.63) is 46.5 Å². The maximum absolute atomic E-state index is 6.23. The molecule has 5 heteroatoms. The van der Waals surface area contributed by atoms with Crippen LogP contribution in [0.15, 0.2) is 35.8 Å². The number of hydrogen-bond donors (Lipinski definition) is 2. The zero-order valence-corrected chi connectivity index (χ0v) is 12.2. The van der Waals surface area contributed by atoms with E-state index >= 15 is 0 Å². The van der Waals surface area contributed by atoms with Crippen LogP contribution in [0.2, 0.25) is 0 Å². The summed E-state index contributed by atoms with van der Waals surface area (Å²) in [6, 6.07) is 7.97. The Morgan fingerprint density at radius 3 is 2.90 bits per heavy atom. The molecule has 2 aromatic heterocycles. The molecule has 0 spiro atoms. The van der Waals surface area contributed by atoms with Gasteiger partial charge in [0, 0.05) is 22.7 Å². The van der Waals surface area contributed by atoms with Gasteiger partial charge in [0.15, 0.2) is 0 Å². The Morgan fingerprint density at radius 1 is 1.30 bits per heavy atom. The number of anilines is 2. The van der Waals surface area contributed by atoms with E-state index < -0.39 is 0 Å². The maximum Gasteiger partial charge on any atom is 0.115 e. The van der Waals surface area contributed by atoms with Crippen LogP contribution in [0.25, 0.3) is 10.9 Å². The minimum Gasteiger partial charge on any atom is -0.397 e. The van der Waals surface area contributed by atoms with Gasteiger partial charge in [-0.2, -0.15) is 0 Å². The highest BCUT2D eigenvalue weighted by Gasteiger charge is 2.12. The average molecular weight is 284 g/mol. The zero-order chi connectivity index (χ0) is 14.1. The monoisotopic (exact) mass is 284 g/mol. The third-order valence-corrected chi connectivity index (χ3v) is 4.35. The van der Waals surface area contributed by atoms with Gasteiger partial charge < -0.3 is 11.1 Å². The molecule has 4 nitrogen and oxygen atoms in total. The van der Waals surface area contributed by atoms with Crippen LogP contribution in [0, 0.1) is 6.92 Å². The van der Waals surface area contributed by atoms with Gasteiger partial charge >= 0.3 is 0 Å². The minimum atomic E-state index is 0.130. The van der Waals surface area contributed by atoms with Crippen molar-refractivity contribution < 1.29 is 0 Å². The van der Waals surface area contributed by atoms with Crippen molar-refractivity contribution in [1.82, 2.24) is 9.97 Å². The second-order valence-corrected chi connectivity index (χ2v) is 5.68. The van der Waals surface area contributed by atoms with Crippen LogP contribution in [-0.2, 0) is 0 Å². The second-order valence-electron chi connectivity index (χ2n) is 4.79. The van der Waals surface area contributed by atoms with Crippen molar-refractivity contribution in [1.29, 1.82) is 0 Å². The number of benzene rings is 1. The Morgan fingerprint density at radius 2 is 2.15 bits per heavy atom. The molecule has 3 aromatic rings. The topological polar surface area (TPSA) is 63.8 Å². The van der Waals surface area contributed by atoms with E-state index in [1.54, 1.807) is 17.5 Å². The number of pyridine rings is 1. The molecule has 0 saturated carbocycles. The summed E-state index contributed by atoms with van der Waals surface area (Å²) in [6.07, 6.45) is 1.77. The van der Waals surface area contributed by atoms with Gasteiger partial charge in [0.1, 0.15) is 5.01 Å². The summed E-state index contributed by atoms with van der Waals surface area (Å²) >= 11 is 1.66. The van der Waals surface area contributed by atoms with Crippen LogP contribution in [0.3, 0.4) is 0 Å². The molecule has 1 aromatic carbocycles. The number of nitrogens with zero attached hydrogens (tertiary/aromatic N) is 2. The van der Waals surface area contributed by atoms with Crippen molar-refractivity contribution in [3.63, 3.8) is 0 Å². The van der Waals surface area contributed by atoms with E-state index in [2.05, 4.69) is 27.6 Å². The maximum atomic E-state index is 6.23. The van der Waals surface area contributed by atoms with Gasteiger partial charge in [-0.05, 0) is 38.1 Å². The predicted octanol–water partition coefficient (Wildman–Crippen LogP) is 3.76. The number of aromatic nitrogens is 2. The molecule has 3 rings (SSSR count). The van der Waals surface area contributed by atoms with E-state index in [4.69, 9.17) is 5.73 Å². The summed E-state index contributed by atoms with van der Waals surface area (Å²) in [7, 11) is 0. The van der Waals surface area contributed by atoms with Crippen molar-refractivity contribution in [2.75, 3.05) is 11.1 Å². The molecule has 0 amide bonds. The summed E-state index contributed by atoms with van der Waals surface area (Å²) < 4.78 is 0. The van der Waals surface area contributed by atoms with E-state index in [9.17, 15) is 0 Å². The molecular formula is C15H16N4S. The van der Waals surface area contributed by atoms with Crippen molar-refractivity contribution >= 4 is 33.6 Å². The lowest BCUT2D eigenvalue weighted by Crippen LogP contribution is -2.08. The molecule has 1 atom stereocenters. The van der Waals surface area contributed by atoms with Gasteiger partial charge in [0.2, 0.25) is 0 Å². The quantitative estimate of drug-likeness (QED) is 0.719. The number of nitrogen functional groups attached to an aromatic ring is 1. The van der Waals surface area contributed by atoms with Crippen LogP contribution in [0.1, 0.15) is 23.7 Å². The van der Waals surface area contributed by atoms with Crippen LogP contribution in [0.4, 0.5) is 11.4 Å². The number of hydrogen-bond acceptors (Lipinski definition) is 5. The van der Waals surface area contributed by atoms with Crippen LogP contribution < -0.4 is 11.1 Å². The number of rotatable bonds is 3. The first-order chi connectivity index (χ1) is 9.65. The van der Waals surface area contributed by atoms with Crippen LogP contribution >= 0.6 is 11.3 Å². The molecule has 0 radical (unpaired) electrons. The van der Waals surface area contributed by atoms with Gasteiger partial charge in [-0.3, -0.25) is 4.98 Å².